The molecule has 0 aromatic heterocycles. The zero-order valence-electron chi connectivity index (χ0n) is 9.89. The van der Waals surface area contributed by atoms with Crippen LogP contribution in [0.25, 0.3) is 0 Å². The van der Waals surface area contributed by atoms with Crippen LogP contribution < -0.4 is 5.73 Å². The first kappa shape index (κ1) is 12.9. The maximum Gasteiger partial charge on any atom is 0.0633 e. The lowest BCUT2D eigenvalue weighted by Crippen LogP contribution is -2.44. The molecule has 0 radical (unpaired) electrons. The molecule has 0 aromatic rings. The Balaban J connectivity index is 4.52. The van der Waals surface area contributed by atoms with Crippen molar-refractivity contribution in [2.24, 2.45) is 22.5 Å². The van der Waals surface area contributed by atoms with Gasteiger partial charge in [0.15, 0.2) is 0 Å². The van der Waals surface area contributed by atoms with Gasteiger partial charge in [-0.3, -0.25) is 0 Å². The standard InChI is InChI=1S/C11H25NO/c1-8(10(2,3)4)9(13)11(5,6)7-12/h8-9,13H,7,12H2,1-6H3. The van der Waals surface area contributed by atoms with Gasteiger partial charge in [0.2, 0.25) is 0 Å². The predicted octanol–water partition coefficient (Wildman–Crippen LogP) is 2.01. The van der Waals surface area contributed by atoms with Crippen molar-refractivity contribution in [3.8, 4) is 0 Å². The van der Waals surface area contributed by atoms with Crippen LogP contribution >= 0.6 is 0 Å². The van der Waals surface area contributed by atoms with E-state index >= 15 is 0 Å². The quantitative estimate of drug-likeness (QED) is 0.710. The second-order valence-electron chi connectivity index (χ2n) is 5.79. The molecule has 0 aliphatic carbocycles. The van der Waals surface area contributed by atoms with Gasteiger partial charge in [0.1, 0.15) is 0 Å². The smallest absolute Gasteiger partial charge is 0.0633 e. The fourth-order valence-corrected chi connectivity index (χ4v) is 1.27. The lowest BCUT2D eigenvalue weighted by molar-refractivity contribution is -0.0265. The summed E-state index contributed by atoms with van der Waals surface area (Å²) in [5, 5.41) is 10.1. The lowest BCUT2D eigenvalue weighted by atomic mass is 9.70. The number of hydrogen-bond acceptors (Lipinski definition) is 2. The van der Waals surface area contributed by atoms with Crippen LogP contribution in [0.3, 0.4) is 0 Å². The molecule has 2 nitrogen and oxygen atoms in total. The van der Waals surface area contributed by atoms with Gasteiger partial charge in [-0.15, -0.1) is 0 Å². The van der Waals surface area contributed by atoms with Gasteiger partial charge >= 0.3 is 0 Å². The average molecular weight is 187 g/mol. The SMILES string of the molecule is CC(C(O)C(C)(C)CN)C(C)(C)C. The van der Waals surface area contributed by atoms with Gasteiger partial charge in [0.25, 0.3) is 0 Å². The Labute approximate surface area is 82.5 Å². The highest BCUT2D eigenvalue weighted by atomic mass is 16.3. The molecule has 2 unspecified atom stereocenters. The highest BCUT2D eigenvalue weighted by Crippen LogP contribution is 2.35. The third-order valence-corrected chi connectivity index (χ3v) is 3.17. The van der Waals surface area contributed by atoms with E-state index in [0.29, 0.717) is 6.54 Å². The van der Waals surface area contributed by atoms with Crippen molar-refractivity contribution in [1.82, 2.24) is 0 Å². The highest BCUT2D eigenvalue weighted by molar-refractivity contribution is 4.87. The summed E-state index contributed by atoms with van der Waals surface area (Å²) in [6, 6.07) is 0. The van der Waals surface area contributed by atoms with Crippen LogP contribution in [0.4, 0.5) is 0 Å². The summed E-state index contributed by atoms with van der Waals surface area (Å²) >= 11 is 0. The first-order valence-corrected chi connectivity index (χ1v) is 5.01. The molecule has 0 aliphatic heterocycles. The molecule has 0 aromatic carbocycles. The number of aliphatic hydroxyl groups is 1. The second-order valence-corrected chi connectivity index (χ2v) is 5.79. The third kappa shape index (κ3) is 3.28. The molecule has 3 N–H and O–H groups in total. The maximum absolute atomic E-state index is 10.1. The van der Waals surface area contributed by atoms with E-state index < -0.39 is 0 Å². The van der Waals surface area contributed by atoms with E-state index in [1.54, 1.807) is 0 Å². The van der Waals surface area contributed by atoms with Crippen LogP contribution in [0.2, 0.25) is 0 Å². The molecule has 0 saturated carbocycles. The lowest BCUT2D eigenvalue weighted by Gasteiger charge is -2.39. The molecule has 0 bridgehead atoms. The van der Waals surface area contributed by atoms with Gasteiger partial charge in [0.05, 0.1) is 6.10 Å². The zero-order valence-corrected chi connectivity index (χ0v) is 9.89. The first-order chi connectivity index (χ1) is 5.63. The largest absolute Gasteiger partial charge is 0.392 e. The highest BCUT2D eigenvalue weighted by Gasteiger charge is 2.36. The Hall–Kier alpha value is -0.0800. The molecule has 0 saturated heterocycles. The minimum atomic E-state index is -0.336. The van der Waals surface area contributed by atoms with E-state index in [-0.39, 0.29) is 22.9 Å². The van der Waals surface area contributed by atoms with Crippen molar-refractivity contribution < 1.29 is 5.11 Å². The van der Waals surface area contributed by atoms with E-state index in [9.17, 15) is 5.11 Å². The molecular weight excluding hydrogens is 162 g/mol. The first-order valence-electron chi connectivity index (χ1n) is 5.01. The van der Waals surface area contributed by atoms with Gasteiger partial charge in [0, 0.05) is 5.41 Å². The van der Waals surface area contributed by atoms with E-state index in [2.05, 4.69) is 27.7 Å². The molecule has 80 valence electrons. The van der Waals surface area contributed by atoms with E-state index in [0.717, 1.165) is 0 Å². The fraction of sp³-hybridized carbons (Fsp3) is 1.00. The zero-order chi connectivity index (χ0) is 10.9. The van der Waals surface area contributed by atoms with E-state index in [1.165, 1.54) is 0 Å². The maximum atomic E-state index is 10.1. The molecular formula is C11H25NO. The van der Waals surface area contributed by atoms with Gasteiger partial charge in [-0.2, -0.15) is 0 Å². The van der Waals surface area contributed by atoms with Crippen molar-refractivity contribution in [1.29, 1.82) is 0 Å². The van der Waals surface area contributed by atoms with Crippen molar-refractivity contribution in [2.45, 2.75) is 47.6 Å². The Bertz CT molecular complexity index is 158. The fourth-order valence-electron chi connectivity index (χ4n) is 1.27. The summed E-state index contributed by atoms with van der Waals surface area (Å²) in [7, 11) is 0. The molecule has 2 heteroatoms. The number of nitrogens with two attached hydrogens (primary N) is 1. The Morgan fingerprint density at radius 2 is 1.54 bits per heavy atom. The minimum Gasteiger partial charge on any atom is -0.392 e. The van der Waals surface area contributed by atoms with Crippen molar-refractivity contribution in [3.05, 3.63) is 0 Å². The van der Waals surface area contributed by atoms with Crippen LogP contribution in [0.5, 0.6) is 0 Å². The summed E-state index contributed by atoms with van der Waals surface area (Å²) in [5.74, 6) is 0.256. The molecule has 13 heavy (non-hydrogen) atoms. The monoisotopic (exact) mass is 187 g/mol. The van der Waals surface area contributed by atoms with E-state index in [4.69, 9.17) is 5.73 Å². The van der Waals surface area contributed by atoms with Gasteiger partial charge in [-0.05, 0) is 17.9 Å². The molecule has 0 amide bonds. The normalized spacial score (nSPS) is 18.5. The second kappa shape index (κ2) is 3.97. The molecule has 0 aliphatic rings. The van der Waals surface area contributed by atoms with Gasteiger partial charge in [-0.25, -0.2) is 0 Å². The van der Waals surface area contributed by atoms with Crippen molar-refractivity contribution >= 4 is 0 Å². The third-order valence-electron chi connectivity index (χ3n) is 3.17. The number of rotatable bonds is 3. The summed E-state index contributed by atoms with van der Waals surface area (Å²) in [6.07, 6.45) is -0.336. The molecule has 0 fully saturated rings. The van der Waals surface area contributed by atoms with Crippen molar-refractivity contribution in [2.75, 3.05) is 6.54 Å². The number of hydrogen-bond donors (Lipinski definition) is 2. The van der Waals surface area contributed by atoms with E-state index in [1.807, 2.05) is 13.8 Å². The van der Waals surface area contributed by atoms with Gasteiger partial charge in [-0.1, -0.05) is 41.5 Å². The summed E-state index contributed by atoms with van der Waals surface area (Å²) in [4.78, 5) is 0. The van der Waals surface area contributed by atoms with Crippen LogP contribution in [-0.2, 0) is 0 Å². The summed E-state index contributed by atoms with van der Waals surface area (Å²) in [6.45, 7) is 13.1. The Kier molecular flexibility index (Phi) is 3.95. The van der Waals surface area contributed by atoms with Crippen LogP contribution in [-0.4, -0.2) is 17.8 Å². The summed E-state index contributed by atoms with van der Waals surface area (Å²) in [5.41, 5.74) is 5.57. The van der Waals surface area contributed by atoms with Crippen molar-refractivity contribution in [3.63, 3.8) is 0 Å². The Morgan fingerprint density at radius 3 is 1.77 bits per heavy atom. The van der Waals surface area contributed by atoms with Crippen LogP contribution in [0, 0.1) is 16.7 Å². The Morgan fingerprint density at radius 1 is 1.15 bits per heavy atom. The predicted molar refractivity (Wildman–Crippen MR) is 57.5 cm³/mol. The summed E-state index contributed by atoms with van der Waals surface area (Å²) < 4.78 is 0. The molecule has 0 spiro atoms. The van der Waals surface area contributed by atoms with Crippen LogP contribution in [0.15, 0.2) is 0 Å². The number of aliphatic hydroxyl groups excluding tert-OH is 1. The molecule has 2 atom stereocenters. The van der Waals surface area contributed by atoms with Gasteiger partial charge < -0.3 is 10.8 Å². The average Bonchev–Trinajstić information content (AvgIpc) is 2.00. The molecule has 0 rings (SSSR count). The topological polar surface area (TPSA) is 46.2 Å². The molecule has 0 heterocycles. The minimum absolute atomic E-state index is 0.131. The van der Waals surface area contributed by atoms with Crippen LogP contribution in [0.1, 0.15) is 41.5 Å².